The van der Waals surface area contributed by atoms with Crippen LogP contribution in [0.4, 0.5) is 9.59 Å². The largest absolute Gasteiger partial charge is 0.480 e. The number of nitrogens with one attached hydrogen (secondary N) is 4. The number of alkyl carbamates (subject to hydrolysis) is 1. The number of rotatable bonds is 14. The summed E-state index contributed by atoms with van der Waals surface area (Å²) in [6.07, 6.45) is 1.38. The van der Waals surface area contributed by atoms with Crippen LogP contribution in [0.1, 0.15) is 73.6 Å². The van der Waals surface area contributed by atoms with E-state index in [0.717, 1.165) is 6.42 Å². The second kappa shape index (κ2) is 15.0. The molecule has 0 aliphatic carbocycles. The van der Waals surface area contributed by atoms with Crippen LogP contribution < -0.4 is 27.0 Å². The number of unbranched alkanes of at least 4 members (excludes halogenated alkanes) is 1. The molecule has 12 heteroatoms. The minimum Gasteiger partial charge on any atom is -0.480 e. The van der Waals surface area contributed by atoms with E-state index in [0.29, 0.717) is 12.8 Å². The predicted octanol–water partition coefficient (Wildman–Crippen LogP) is 1.23. The van der Waals surface area contributed by atoms with E-state index in [2.05, 4.69) is 21.3 Å². The minimum absolute atomic E-state index is 0.0550. The number of carbonyl (C=O) groups is 5. The number of nitrogens with two attached hydrogens (primary N) is 1. The Bertz CT molecular complexity index is 706. The summed E-state index contributed by atoms with van der Waals surface area (Å²) in [5.74, 6) is -2.83. The molecule has 3 atom stereocenters. The smallest absolute Gasteiger partial charge is 0.408 e. The lowest BCUT2D eigenvalue weighted by atomic mass is 10.0. The second-order valence-corrected chi connectivity index (χ2v) is 9.40. The first-order chi connectivity index (χ1) is 15.7. The van der Waals surface area contributed by atoms with E-state index < -0.39 is 53.6 Å². The average molecular weight is 488 g/mol. The van der Waals surface area contributed by atoms with E-state index in [-0.39, 0.29) is 25.3 Å². The summed E-state index contributed by atoms with van der Waals surface area (Å²) in [5.41, 5.74) is 4.23. The fraction of sp³-hybridized carbons (Fsp3) is 0.773. The molecule has 5 amide bonds. The second-order valence-electron chi connectivity index (χ2n) is 9.40. The number of urea groups is 1. The third kappa shape index (κ3) is 13.5. The molecule has 0 aliphatic heterocycles. The molecule has 7 N–H and O–H groups in total. The van der Waals surface area contributed by atoms with Crippen LogP contribution in [0.2, 0.25) is 0 Å². The maximum absolute atomic E-state index is 12.9. The third-order valence-corrected chi connectivity index (χ3v) is 4.68. The van der Waals surface area contributed by atoms with Gasteiger partial charge in [-0.1, -0.05) is 33.6 Å². The van der Waals surface area contributed by atoms with Crippen molar-refractivity contribution in [2.75, 3.05) is 6.54 Å². The molecule has 0 bridgehead atoms. The highest BCUT2D eigenvalue weighted by atomic mass is 16.6. The van der Waals surface area contributed by atoms with E-state index in [4.69, 9.17) is 10.5 Å². The molecule has 34 heavy (non-hydrogen) atoms. The zero-order valence-electron chi connectivity index (χ0n) is 21.0. The maximum Gasteiger partial charge on any atom is 0.408 e. The molecule has 0 spiro atoms. The normalized spacial score (nSPS) is 13.9. The summed E-state index contributed by atoms with van der Waals surface area (Å²) in [7, 11) is 0. The average Bonchev–Trinajstić information content (AvgIpc) is 2.69. The first-order valence-corrected chi connectivity index (χ1v) is 11.5. The zero-order chi connectivity index (χ0) is 26.5. The Hall–Kier alpha value is -3.05. The number of ether oxygens (including phenoxy) is 1. The Labute approximate surface area is 201 Å². The summed E-state index contributed by atoms with van der Waals surface area (Å²) < 4.78 is 5.23. The summed E-state index contributed by atoms with van der Waals surface area (Å²) >= 11 is 0. The number of aliphatic carboxylic acids is 1. The molecule has 0 aliphatic rings. The number of amides is 5. The van der Waals surface area contributed by atoms with Gasteiger partial charge >= 0.3 is 18.1 Å². The van der Waals surface area contributed by atoms with Gasteiger partial charge in [0.1, 0.15) is 23.7 Å². The standard InChI is InChI=1S/C22H41N5O7/c1-7-8-10-14(26-21(33)34-22(4,5)6)17(28)27-16(13(2)3)18(29)25-15(19(30)31)11-9-12-24-20(23)32/h13-16H,7-12H2,1-6H3,(H,25,29)(H,26,33)(H,27,28)(H,30,31)(H3,23,24,32)/t14-,15-,16-/m0/s1. The summed E-state index contributed by atoms with van der Waals surface area (Å²) in [6.45, 7) is 10.6. The van der Waals surface area contributed by atoms with Crippen LogP contribution in [-0.2, 0) is 19.1 Å². The van der Waals surface area contributed by atoms with Crippen LogP contribution in [0.25, 0.3) is 0 Å². The van der Waals surface area contributed by atoms with Gasteiger partial charge in [0.15, 0.2) is 0 Å². The van der Waals surface area contributed by atoms with Crippen LogP contribution in [0.15, 0.2) is 0 Å². The van der Waals surface area contributed by atoms with Gasteiger partial charge in [0.25, 0.3) is 0 Å². The number of hydrogen-bond donors (Lipinski definition) is 6. The van der Waals surface area contributed by atoms with Gasteiger partial charge in [-0.25, -0.2) is 14.4 Å². The van der Waals surface area contributed by atoms with Gasteiger partial charge in [-0.05, 0) is 46.0 Å². The molecule has 0 heterocycles. The van der Waals surface area contributed by atoms with E-state index in [9.17, 15) is 29.1 Å². The Morgan fingerprint density at radius 3 is 1.97 bits per heavy atom. The molecule has 0 radical (unpaired) electrons. The fourth-order valence-corrected chi connectivity index (χ4v) is 2.95. The van der Waals surface area contributed by atoms with E-state index in [1.54, 1.807) is 34.6 Å². The van der Waals surface area contributed by atoms with Crippen molar-refractivity contribution >= 4 is 29.9 Å². The Balaban J connectivity index is 5.26. The first kappa shape index (κ1) is 30.9. The maximum atomic E-state index is 12.9. The number of hydrogen-bond acceptors (Lipinski definition) is 6. The highest BCUT2D eigenvalue weighted by molar-refractivity contribution is 5.93. The number of primary amides is 1. The molecule has 12 nitrogen and oxygen atoms in total. The van der Waals surface area contributed by atoms with E-state index >= 15 is 0 Å². The highest BCUT2D eigenvalue weighted by Gasteiger charge is 2.31. The number of carboxylic acids is 1. The summed E-state index contributed by atoms with van der Waals surface area (Å²) in [4.78, 5) is 60.2. The summed E-state index contributed by atoms with van der Waals surface area (Å²) in [6, 6.07) is -3.88. The van der Waals surface area contributed by atoms with Crippen molar-refractivity contribution < 1.29 is 33.8 Å². The van der Waals surface area contributed by atoms with Crippen LogP contribution in [0.5, 0.6) is 0 Å². The lowest BCUT2D eigenvalue weighted by molar-refractivity contribution is -0.142. The van der Waals surface area contributed by atoms with Crippen LogP contribution in [0, 0.1) is 5.92 Å². The fourth-order valence-electron chi connectivity index (χ4n) is 2.95. The topological polar surface area (TPSA) is 189 Å². The molecular weight excluding hydrogens is 446 g/mol. The minimum atomic E-state index is -1.24. The molecule has 0 rings (SSSR count). The van der Waals surface area contributed by atoms with E-state index in [1.807, 2.05) is 6.92 Å². The molecule has 0 aromatic rings. The molecule has 0 saturated carbocycles. The Morgan fingerprint density at radius 1 is 0.912 bits per heavy atom. The van der Waals surface area contributed by atoms with Gasteiger partial charge in [-0.2, -0.15) is 0 Å². The molecule has 196 valence electrons. The van der Waals surface area contributed by atoms with Crippen LogP contribution in [0.3, 0.4) is 0 Å². The van der Waals surface area contributed by atoms with Gasteiger partial charge in [0, 0.05) is 6.54 Å². The summed E-state index contributed by atoms with van der Waals surface area (Å²) in [5, 5.41) is 19.4. The van der Waals surface area contributed by atoms with Crippen molar-refractivity contribution in [3.63, 3.8) is 0 Å². The number of carboxylic acid groups (broad SMARTS) is 1. The zero-order valence-corrected chi connectivity index (χ0v) is 21.0. The van der Waals surface area contributed by atoms with Gasteiger partial charge in [-0.3, -0.25) is 9.59 Å². The molecule has 0 fully saturated rings. The Morgan fingerprint density at radius 2 is 1.50 bits per heavy atom. The quantitative estimate of drug-likeness (QED) is 0.199. The van der Waals surface area contributed by atoms with Crippen molar-refractivity contribution in [1.82, 2.24) is 21.3 Å². The lowest BCUT2D eigenvalue weighted by Crippen LogP contribution is -2.57. The predicted molar refractivity (Wildman–Crippen MR) is 126 cm³/mol. The Kier molecular flexibility index (Phi) is 13.6. The van der Waals surface area contributed by atoms with Crippen molar-refractivity contribution in [2.24, 2.45) is 11.7 Å². The van der Waals surface area contributed by atoms with Crippen molar-refractivity contribution in [1.29, 1.82) is 0 Å². The van der Waals surface area contributed by atoms with Crippen molar-refractivity contribution in [3.05, 3.63) is 0 Å². The SMILES string of the molecule is CCCC[C@H](NC(=O)OC(C)(C)C)C(=O)N[C@H](C(=O)N[C@@H](CCCNC(N)=O)C(=O)O)C(C)C. The molecule has 0 saturated heterocycles. The lowest BCUT2D eigenvalue weighted by Gasteiger charge is -2.27. The first-order valence-electron chi connectivity index (χ1n) is 11.5. The van der Waals surface area contributed by atoms with E-state index in [1.165, 1.54) is 0 Å². The highest BCUT2D eigenvalue weighted by Crippen LogP contribution is 2.10. The van der Waals surface area contributed by atoms with Crippen molar-refractivity contribution in [3.8, 4) is 0 Å². The van der Waals surface area contributed by atoms with Gasteiger partial charge in [0.05, 0.1) is 0 Å². The molecule has 0 unspecified atom stereocenters. The third-order valence-electron chi connectivity index (χ3n) is 4.68. The molecule has 0 aromatic carbocycles. The van der Waals surface area contributed by atoms with Crippen LogP contribution >= 0.6 is 0 Å². The van der Waals surface area contributed by atoms with Gasteiger partial charge in [-0.15, -0.1) is 0 Å². The monoisotopic (exact) mass is 487 g/mol. The van der Waals surface area contributed by atoms with Gasteiger partial charge < -0.3 is 36.8 Å². The molecular formula is C22H41N5O7. The molecule has 0 aromatic heterocycles. The van der Waals surface area contributed by atoms with Crippen LogP contribution in [-0.4, -0.2) is 65.3 Å². The number of carbonyl (C=O) groups excluding carboxylic acids is 4. The van der Waals surface area contributed by atoms with Gasteiger partial charge in [0.2, 0.25) is 11.8 Å². The van der Waals surface area contributed by atoms with Crippen molar-refractivity contribution in [2.45, 2.75) is 97.4 Å².